The number of ether oxygens (including phenoxy) is 1. The molecule has 3 aromatic rings. The summed E-state index contributed by atoms with van der Waals surface area (Å²) in [5.74, 6) is 1.38. The fraction of sp³-hybridized carbons (Fsp3) is 0.263. The Kier molecular flexibility index (Phi) is 5.33. The van der Waals surface area contributed by atoms with Gasteiger partial charge in [-0.15, -0.1) is 0 Å². The molecule has 2 aromatic carbocycles. The van der Waals surface area contributed by atoms with Gasteiger partial charge in [-0.2, -0.15) is 5.10 Å². The highest BCUT2D eigenvalue weighted by Crippen LogP contribution is 2.55. The molecule has 1 saturated carbocycles. The predicted octanol–water partition coefficient (Wildman–Crippen LogP) is 5.61. The molecule has 1 aliphatic carbocycles. The molecule has 0 radical (unpaired) electrons. The third-order valence-electron chi connectivity index (χ3n) is 4.65. The Morgan fingerprint density at radius 3 is 2.44 bits per heavy atom. The first-order valence-corrected chi connectivity index (χ1v) is 10.4. The lowest BCUT2D eigenvalue weighted by atomic mass is 9.88. The zero-order chi connectivity index (χ0) is 19.0. The molecule has 1 N–H and O–H groups in total. The number of hydrogen-bond acceptors (Lipinski definition) is 4. The Balaban J connectivity index is 1.65. The van der Waals surface area contributed by atoms with Gasteiger partial charge in [-0.1, -0.05) is 51.9 Å². The molecule has 140 valence electrons. The van der Waals surface area contributed by atoms with Crippen LogP contribution in [0, 0.1) is 5.92 Å². The minimum Gasteiger partial charge on any atom is -0.457 e. The van der Waals surface area contributed by atoms with Gasteiger partial charge in [-0.25, -0.2) is 9.67 Å². The predicted molar refractivity (Wildman–Crippen MR) is 113 cm³/mol. The second-order valence-electron chi connectivity index (χ2n) is 6.51. The summed E-state index contributed by atoms with van der Waals surface area (Å²) < 4.78 is 7.17. The third-order valence-corrected chi connectivity index (χ3v) is 6.74. The molecule has 2 unspecified atom stereocenters. The molecule has 0 spiro atoms. The number of rotatable bonds is 6. The zero-order valence-corrected chi connectivity index (χ0v) is 17.8. The van der Waals surface area contributed by atoms with Gasteiger partial charge >= 0.3 is 0 Å². The highest BCUT2D eigenvalue weighted by atomic mass is 127. The number of alkyl halides is 1. The van der Waals surface area contributed by atoms with E-state index in [1.165, 1.54) is 6.33 Å². The Hall–Kier alpha value is -1.35. The van der Waals surface area contributed by atoms with Crippen LogP contribution in [-0.2, 0) is 5.60 Å². The first-order valence-electron chi connectivity index (χ1n) is 8.42. The molecule has 0 saturated heterocycles. The summed E-state index contributed by atoms with van der Waals surface area (Å²) in [5.41, 5.74) is -0.463. The van der Waals surface area contributed by atoms with Crippen LogP contribution in [-0.4, -0.2) is 19.9 Å². The molecule has 0 aliphatic heterocycles. The van der Waals surface area contributed by atoms with E-state index in [0.717, 1.165) is 12.8 Å². The van der Waals surface area contributed by atoms with E-state index < -0.39 is 5.60 Å². The van der Waals surface area contributed by atoms with Crippen LogP contribution >= 0.6 is 45.8 Å². The molecule has 8 heteroatoms. The van der Waals surface area contributed by atoms with E-state index in [9.17, 15) is 5.11 Å². The van der Waals surface area contributed by atoms with Crippen LogP contribution in [0.25, 0.3) is 0 Å². The molecular weight excluding hydrogens is 500 g/mol. The van der Waals surface area contributed by atoms with Crippen LogP contribution in [0.15, 0.2) is 55.1 Å². The van der Waals surface area contributed by atoms with Gasteiger partial charge in [0.25, 0.3) is 0 Å². The molecule has 5 nitrogen and oxygen atoms in total. The van der Waals surface area contributed by atoms with Crippen LogP contribution in [0.2, 0.25) is 10.0 Å². The van der Waals surface area contributed by atoms with Crippen molar-refractivity contribution in [2.24, 2.45) is 5.92 Å². The summed E-state index contributed by atoms with van der Waals surface area (Å²) in [4.78, 5) is 3.99. The number of nitrogens with zero attached hydrogens (tertiary/aromatic N) is 3. The van der Waals surface area contributed by atoms with Crippen molar-refractivity contribution in [1.82, 2.24) is 14.8 Å². The van der Waals surface area contributed by atoms with Crippen molar-refractivity contribution in [2.45, 2.75) is 22.5 Å². The number of aliphatic hydroxyl groups is 1. The first-order chi connectivity index (χ1) is 13.0. The fourth-order valence-corrected chi connectivity index (χ4v) is 4.70. The molecule has 27 heavy (non-hydrogen) atoms. The van der Waals surface area contributed by atoms with Crippen LogP contribution in [0.3, 0.4) is 0 Å². The van der Waals surface area contributed by atoms with Gasteiger partial charge in [-0.05, 0) is 55.2 Å². The minimum atomic E-state index is -1.13. The second-order valence-corrected chi connectivity index (χ2v) is 8.53. The van der Waals surface area contributed by atoms with Gasteiger partial charge < -0.3 is 9.84 Å². The summed E-state index contributed by atoms with van der Waals surface area (Å²) in [6.45, 7) is 0. The first kappa shape index (κ1) is 19.0. The van der Waals surface area contributed by atoms with Crippen molar-refractivity contribution < 1.29 is 9.84 Å². The van der Waals surface area contributed by atoms with Crippen molar-refractivity contribution in [3.8, 4) is 11.5 Å². The van der Waals surface area contributed by atoms with Gasteiger partial charge in [0.15, 0.2) is 0 Å². The molecule has 0 amide bonds. The molecule has 4 rings (SSSR count). The van der Waals surface area contributed by atoms with Gasteiger partial charge in [0, 0.05) is 10.6 Å². The molecule has 1 fully saturated rings. The highest BCUT2D eigenvalue weighted by molar-refractivity contribution is 14.1. The molecular formula is C19H16Cl2IN3O2. The Bertz CT molecular complexity index is 933. The zero-order valence-electron chi connectivity index (χ0n) is 14.1. The monoisotopic (exact) mass is 515 g/mol. The van der Waals surface area contributed by atoms with Crippen molar-refractivity contribution >= 4 is 45.8 Å². The van der Waals surface area contributed by atoms with Gasteiger partial charge in [-0.3, -0.25) is 0 Å². The maximum atomic E-state index is 11.6. The summed E-state index contributed by atoms with van der Waals surface area (Å²) in [7, 11) is 0. The SMILES string of the molecule is OC(c1ccc(Oc2ccc(Cl)cc2)cc1Cl)(C1CC1)C(I)n1cncn1. The topological polar surface area (TPSA) is 60.2 Å². The Morgan fingerprint density at radius 2 is 1.85 bits per heavy atom. The molecule has 1 aliphatic rings. The number of halogens is 3. The van der Waals surface area contributed by atoms with Gasteiger partial charge in [0.2, 0.25) is 0 Å². The van der Waals surface area contributed by atoms with E-state index in [1.807, 2.05) is 12.1 Å². The van der Waals surface area contributed by atoms with E-state index in [1.54, 1.807) is 41.3 Å². The van der Waals surface area contributed by atoms with Crippen molar-refractivity contribution in [3.63, 3.8) is 0 Å². The normalized spacial score (nSPS) is 17.3. The van der Waals surface area contributed by atoms with E-state index in [0.29, 0.717) is 27.1 Å². The summed E-state index contributed by atoms with van der Waals surface area (Å²) in [5, 5.41) is 16.9. The average Bonchev–Trinajstić information content (AvgIpc) is 3.38. The van der Waals surface area contributed by atoms with E-state index in [2.05, 4.69) is 32.7 Å². The van der Waals surface area contributed by atoms with Crippen LogP contribution in [0.1, 0.15) is 22.5 Å². The van der Waals surface area contributed by atoms with E-state index in [4.69, 9.17) is 27.9 Å². The molecule has 1 heterocycles. The smallest absolute Gasteiger partial charge is 0.138 e. The standard InChI is InChI=1S/C19H16Cl2IN3O2/c20-13-3-5-14(6-4-13)27-15-7-8-16(17(21)9-15)19(26,12-1-2-12)18(22)25-11-23-10-24-25/h3-12,18,26H,1-2H2. The second kappa shape index (κ2) is 7.58. The number of benzene rings is 2. The van der Waals surface area contributed by atoms with E-state index >= 15 is 0 Å². The highest BCUT2D eigenvalue weighted by Gasteiger charge is 2.51. The number of hydrogen-bond donors (Lipinski definition) is 1. The number of aromatic nitrogens is 3. The minimum absolute atomic E-state index is 0.129. The quantitative estimate of drug-likeness (QED) is 0.342. The van der Waals surface area contributed by atoms with Crippen LogP contribution in [0.5, 0.6) is 11.5 Å². The lowest BCUT2D eigenvalue weighted by molar-refractivity contribution is -0.00580. The summed E-state index contributed by atoms with van der Waals surface area (Å²) >= 11 is 14.7. The Labute approximate surface area is 180 Å². The van der Waals surface area contributed by atoms with Gasteiger partial charge in [0.05, 0.1) is 5.02 Å². The Morgan fingerprint density at radius 1 is 1.15 bits per heavy atom. The largest absolute Gasteiger partial charge is 0.457 e. The van der Waals surface area contributed by atoms with Crippen LogP contribution < -0.4 is 4.74 Å². The molecule has 2 atom stereocenters. The third kappa shape index (κ3) is 3.81. The summed E-state index contributed by atoms with van der Waals surface area (Å²) in [6, 6.07) is 12.5. The molecule has 0 bridgehead atoms. The van der Waals surface area contributed by atoms with Crippen molar-refractivity contribution in [3.05, 3.63) is 70.7 Å². The molecule has 1 aromatic heterocycles. The lowest BCUT2D eigenvalue weighted by Gasteiger charge is -2.34. The fourth-order valence-electron chi connectivity index (χ4n) is 3.13. The lowest BCUT2D eigenvalue weighted by Crippen LogP contribution is -2.36. The average molecular weight is 516 g/mol. The van der Waals surface area contributed by atoms with Crippen molar-refractivity contribution in [2.75, 3.05) is 0 Å². The van der Waals surface area contributed by atoms with Crippen molar-refractivity contribution in [1.29, 1.82) is 0 Å². The summed E-state index contributed by atoms with van der Waals surface area (Å²) in [6.07, 6.45) is 4.97. The maximum absolute atomic E-state index is 11.6. The van der Waals surface area contributed by atoms with Gasteiger partial charge in [0.1, 0.15) is 33.8 Å². The maximum Gasteiger partial charge on any atom is 0.138 e. The van der Waals surface area contributed by atoms with Crippen LogP contribution in [0.4, 0.5) is 0 Å². The van der Waals surface area contributed by atoms with E-state index in [-0.39, 0.29) is 9.97 Å².